The average Bonchev–Trinajstić information content (AvgIpc) is 2.23. The van der Waals surface area contributed by atoms with E-state index in [0.717, 1.165) is 18.8 Å². The molecular formula is C11H22N2O. The summed E-state index contributed by atoms with van der Waals surface area (Å²) >= 11 is 0. The molecule has 1 aliphatic carbocycles. The highest BCUT2D eigenvalue weighted by molar-refractivity contribution is 5.03. The van der Waals surface area contributed by atoms with Crippen molar-refractivity contribution in [2.75, 3.05) is 7.11 Å². The molecule has 0 bridgehead atoms. The molecular weight excluding hydrogens is 176 g/mol. The first-order valence-corrected chi connectivity index (χ1v) is 5.32. The molecule has 14 heavy (non-hydrogen) atoms. The monoisotopic (exact) mass is 198 g/mol. The van der Waals surface area contributed by atoms with E-state index in [1.165, 1.54) is 12.8 Å². The van der Waals surface area contributed by atoms with Gasteiger partial charge in [-0.05, 0) is 31.6 Å². The molecule has 3 nitrogen and oxygen atoms in total. The molecule has 3 N–H and O–H groups in total. The quantitative estimate of drug-likeness (QED) is 0.410. The Hall–Kier alpha value is -0.380. The number of rotatable bonds is 4. The van der Waals surface area contributed by atoms with Crippen LogP contribution in [-0.4, -0.2) is 18.8 Å². The van der Waals surface area contributed by atoms with Gasteiger partial charge in [0.05, 0.1) is 11.6 Å². The Morgan fingerprint density at radius 1 is 1.57 bits per heavy atom. The Balaban J connectivity index is 2.70. The van der Waals surface area contributed by atoms with Crippen LogP contribution in [0.1, 0.15) is 32.6 Å². The first-order chi connectivity index (χ1) is 6.68. The molecule has 0 radical (unpaired) electrons. The lowest BCUT2D eigenvalue weighted by Gasteiger charge is -2.42. The van der Waals surface area contributed by atoms with E-state index in [1.54, 1.807) is 7.11 Å². The van der Waals surface area contributed by atoms with E-state index in [-0.39, 0.29) is 11.6 Å². The minimum absolute atomic E-state index is 0.0556. The van der Waals surface area contributed by atoms with Crippen LogP contribution in [0.4, 0.5) is 0 Å². The van der Waals surface area contributed by atoms with Crippen LogP contribution in [0.2, 0.25) is 0 Å². The van der Waals surface area contributed by atoms with Gasteiger partial charge in [-0.2, -0.15) is 0 Å². The highest BCUT2D eigenvalue weighted by atomic mass is 16.5. The predicted octanol–water partition coefficient (Wildman–Crippen LogP) is 1.60. The number of hydrogen-bond acceptors (Lipinski definition) is 3. The van der Waals surface area contributed by atoms with Gasteiger partial charge in [-0.25, -0.2) is 0 Å². The number of hydrazine groups is 1. The maximum atomic E-state index is 5.66. The van der Waals surface area contributed by atoms with Gasteiger partial charge in [0, 0.05) is 7.11 Å². The van der Waals surface area contributed by atoms with Crippen molar-refractivity contribution in [1.82, 2.24) is 5.43 Å². The first-order valence-electron chi connectivity index (χ1n) is 5.32. The zero-order valence-corrected chi connectivity index (χ0v) is 9.25. The third-order valence-corrected chi connectivity index (χ3v) is 3.51. The van der Waals surface area contributed by atoms with Gasteiger partial charge in [0.1, 0.15) is 0 Å². The summed E-state index contributed by atoms with van der Waals surface area (Å²) in [6.07, 6.45) is 6.39. The summed E-state index contributed by atoms with van der Waals surface area (Å²) < 4.78 is 5.66. The Kier molecular flexibility index (Phi) is 4.11. The van der Waals surface area contributed by atoms with Crippen LogP contribution >= 0.6 is 0 Å². The van der Waals surface area contributed by atoms with Gasteiger partial charge >= 0.3 is 0 Å². The number of hydrogen-bond donors (Lipinski definition) is 2. The van der Waals surface area contributed by atoms with Crippen molar-refractivity contribution in [1.29, 1.82) is 0 Å². The van der Waals surface area contributed by atoms with E-state index in [0.29, 0.717) is 0 Å². The molecule has 0 saturated heterocycles. The zero-order valence-electron chi connectivity index (χ0n) is 9.25. The molecule has 1 saturated carbocycles. The minimum atomic E-state index is -0.136. The molecule has 0 spiro atoms. The topological polar surface area (TPSA) is 47.3 Å². The normalized spacial score (nSPS) is 35.2. The van der Waals surface area contributed by atoms with Crippen LogP contribution in [-0.2, 0) is 4.74 Å². The van der Waals surface area contributed by atoms with Crippen LogP contribution in [0, 0.1) is 5.92 Å². The van der Waals surface area contributed by atoms with E-state index in [9.17, 15) is 0 Å². The van der Waals surface area contributed by atoms with Crippen molar-refractivity contribution in [3.8, 4) is 0 Å². The van der Waals surface area contributed by atoms with Gasteiger partial charge < -0.3 is 4.74 Å². The predicted molar refractivity (Wildman–Crippen MR) is 58.7 cm³/mol. The lowest BCUT2D eigenvalue weighted by atomic mass is 9.75. The summed E-state index contributed by atoms with van der Waals surface area (Å²) in [5.74, 6) is 6.32. The van der Waals surface area contributed by atoms with E-state index < -0.39 is 0 Å². The van der Waals surface area contributed by atoms with Crippen LogP contribution in [0.25, 0.3) is 0 Å². The molecule has 82 valence electrons. The van der Waals surface area contributed by atoms with E-state index in [2.05, 4.69) is 18.9 Å². The molecule has 0 aliphatic heterocycles. The summed E-state index contributed by atoms with van der Waals surface area (Å²) in [6.45, 7) is 6.09. The number of nitrogens with one attached hydrogen (secondary N) is 1. The maximum absolute atomic E-state index is 5.66. The molecule has 0 aromatic carbocycles. The lowest BCUT2D eigenvalue weighted by Crippen LogP contribution is -2.54. The molecule has 1 fully saturated rings. The van der Waals surface area contributed by atoms with Gasteiger partial charge in [0.2, 0.25) is 0 Å². The second-order valence-corrected chi connectivity index (χ2v) is 4.33. The van der Waals surface area contributed by atoms with Crippen LogP contribution in [0.3, 0.4) is 0 Å². The minimum Gasteiger partial charge on any atom is -0.376 e. The van der Waals surface area contributed by atoms with E-state index >= 15 is 0 Å². The van der Waals surface area contributed by atoms with E-state index in [4.69, 9.17) is 10.6 Å². The lowest BCUT2D eigenvalue weighted by molar-refractivity contribution is -0.0636. The fourth-order valence-corrected chi connectivity index (χ4v) is 2.33. The molecule has 1 rings (SSSR count). The zero-order chi connectivity index (χ0) is 10.6. The number of nitrogens with two attached hydrogens (primary N) is 1. The highest BCUT2D eigenvalue weighted by Crippen LogP contribution is 2.36. The van der Waals surface area contributed by atoms with Gasteiger partial charge in [0.25, 0.3) is 0 Å². The van der Waals surface area contributed by atoms with Gasteiger partial charge in [0.15, 0.2) is 0 Å². The van der Waals surface area contributed by atoms with Crippen molar-refractivity contribution >= 4 is 0 Å². The van der Waals surface area contributed by atoms with Crippen molar-refractivity contribution in [3.05, 3.63) is 12.7 Å². The molecule has 3 heteroatoms. The standard InChI is InChI=1S/C11H22N2O/c1-4-10(13-12)11(14-3)7-5-9(2)6-8-11/h4,9-10,13H,1,5-8,12H2,2-3H3. The SMILES string of the molecule is C=CC(NN)C1(OC)CCC(C)CC1. The molecule has 1 atom stereocenters. The largest absolute Gasteiger partial charge is 0.376 e. The van der Waals surface area contributed by atoms with Crippen LogP contribution < -0.4 is 11.3 Å². The molecule has 0 aromatic heterocycles. The van der Waals surface area contributed by atoms with Crippen molar-refractivity contribution in [3.63, 3.8) is 0 Å². The Bertz CT molecular complexity index is 186. The van der Waals surface area contributed by atoms with Gasteiger partial charge in [-0.15, -0.1) is 6.58 Å². The average molecular weight is 198 g/mol. The molecule has 1 unspecified atom stereocenters. The van der Waals surface area contributed by atoms with Crippen molar-refractivity contribution in [2.24, 2.45) is 11.8 Å². The third kappa shape index (κ3) is 2.16. The smallest absolute Gasteiger partial charge is 0.0879 e. The second kappa shape index (κ2) is 4.91. The Morgan fingerprint density at radius 2 is 2.14 bits per heavy atom. The third-order valence-electron chi connectivity index (χ3n) is 3.51. The summed E-state index contributed by atoms with van der Waals surface area (Å²) in [5, 5.41) is 0. The number of ether oxygens (including phenoxy) is 1. The first kappa shape index (κ1) is 11.7. The molecule has 0 heterocycles. The fraction of sp³-hybridized carbons (Fsp3) is 0.818. The summed E-state index contributed by atoms with van der Waals surface area (Å²) in [4.78, 5) is 0. The van der Waals surface area contributed by atoms with Crippen molar-refractivity contribution in [2.45, 2.75) is 44.2 Å². The summed E-state index contributed by atoms with van der Waals surface area (Å²) in [6, 6.07) is 0.0556. The summed E-state index contributed by atoms with van der Waals surface area (Å²) in [5.41, 5.74) is 2.65. The van der Waals surface area contributed by atoms with Crippen LogP contribution in [0.15, 0.2) is 12.7 Å². The van der Waals surface area contributed by atoms with Crippen LogP contribution in [0.5, 0.6) is 0 Å². The number of methoxy groups -OCH3 is 1. The maximum Gasteiger partial charge on any atom is 0.0879 e. The molecule has 1 aliphatic rings. The second-order valence-electron chi connectivity index (χ2n) is 4.33. The molecule has 0 aromatic rings. The van der Waals surface area contributed by atoms with Gasteiger partial charge in [-0.3, -0.25) is 11.3 Å². The van der Waals surface area contributed by atoms with Gasteiger partial charge in [-0.1, -0.05) is 13.0 Å². The Morgan fingerprint density at radius 3 is 2.50 bits per heavy atom. The summed E-state index contributed by atoms with van der Waals surface area (Å²) in [7, 11) is 1.77. The van der Waals surface area contributed by atoms with E-state index in [1.807, 2.05) is 6.08 Å². The highest BCUT2D eigenvalue weighted by Gasteiger charge is 2.39. The molecule has 0 amide bonds. The van der Waals surface area contributed by atoms with Crippen molar-refractivity contribution < 1.29 is 4.74 Å². The fourth-order valence-electron chi connectivity index (χ4n) is 2.33. The Labute approximate surface area is 86.7 Å².